The maximum absolute atomic E-state index is 5.38. The van der Waals surface area contributed by atoms with Gasteiger partial charge in [0, 0.05) is 17.8 Å². The van der Waals surface area contributed by atoms with E-state index in [0.29, 0.717) is 29.4 Å². The van der Waals surface area contributed by atoms with Crippen molar-refractivity contribution in [3.63, 3.8) is 0 Å². The SMILES string of the molecule is COc1ccc(C=Nc2ccc([C@@H]3Nc4ccc(C)cc4[C@@H]4C=CC[C@H]43)cc2)cc1OC. The van der Waals surface area contributed by atoms with Crippen LogP contribution in [-0.2, 0) is 0 Å². The van der Waals surface area contributed by atoms with Crippen LogP contribution in [0.1, 0.15) is 40.6 Å². The van der Waals surface area contributed by atoms with E-state index >= 15 is 0 Å². The Labute approximate surface area is 189 Å². The second-order valence-electron chi connectivity index (χ2n) is 8.53. The number of allylic oxidation sites excluding steroid dienone is 2. The van der Waals surface area contributed by atoms with Crippen molar-refractivity contribution in [2.45, 2.75) is 25.3 Å². The lowest BCUT2D eigenvalue weighted by molar-refractivity contribution is 0.355. The minimum atomic E-state index is 0.300. The number of nitrogens with zero attached hydrogens (tertiary/aromatic N) is 1. The van der Waals surface area contributed by atoms with Gasteiger partial charge >= 0.3 is 0 Å². The van der Waals surface area contributed by atoms with Gasteiger partial charge < -0.3 is 14.8 Å². The first-order chi connectivity index (χ1) is 15.7. The van der Waals surface area contributed by atoms with Gasteiger partial charge in [-0.2, -0.15) is 0 Å². The number of benzene rings is 3. The van der Waals surface area contributed by atoms with Crippen molar-refractivity contribution >= 4 is 17.6 Å². The van der Waals surface area contributed by atoms with Gasteiger partial charge in [0.1, 0.15) is 0 Å². The molecular weight excluding hydrogens is 396 g/mol. The van der Waals surface area contributed by atoms with Crippen LogP contribution in [-0.4, -0.2) is 20.4 Å². The van der Waals surface area contributed by atoms with Gasteiger partial charge in [-0.1, -0.05) is 42.0 Å². The van der Waals surface area contributed by atoms with Gasteiger partial charge in [-0.3, -0.25) is 4.99 Å². The van der Waals surface area contributed by atoms with E-state index in [1.165, 1.54) is 22.4 Å². The molecule has 0 spiro atoms. The van der Waals surface area contributed by atoms with Crippen LogP contribution in [0.2, 0.25) is 0 Å². The van der Waals surface area contributed by atoms with Gasteiger partial charge in [0.2, 0.25) is 0 Å². The Morgan fingerprint density at radius 2 is 1.75 bits per heavy atom. The molecule has 0 bridgehead atoms. The van der Waals surface area contributed by atoms with Crippen molar-refractivity contribution in [2.75, 3.05) is 19.5 Å². The summed E-state index contributed by atoms with van der Waals surface area (Å²) >= 11 is 0. The molecule has 0 saturated heterocycles. The quantitative estimate of drug-likeness (QED) is 0.371. The molecule has 0 saturated carbocycles. The predicted molar refractivity (Wildman–Crippen MR) is 131 cm³/mol. The number of methoxy groups -OCH3 is 2. The van der Waals surface area contributed by atoms with E-state index in [1.54, 1.807) is 14.2 Å². The Hall–Kier alpha value is -3.53. The summed E-state index contributed by atoms with van der Waals surface area (Å²) in [5, 5.41) is 3.81. The van der Waals surface area contributed by atoms with E-state index in [-0.39, 0.29) is 0 Å². The van der Waals surface area contributed by atoms with Gasteiger partial charge in [-0.15, -0.1) is 0 Å². The second kappa shape index (κ2) is 8.54. The summed E-state index contributed by atoms with van der Waals surface area (Å²) in [4.78, 5) is 4.65. The van der Waals surface area contributed by atoms with Crippen LogP contribution in [0.15, 0.2) is 77.8 Å². The van der Waals surface area contributed by atoms with E-state index < -0.39 is 0 Å². The summed E-state index contributed by atoms with van der Waals surface area (Å²) < 4.78 is 10.7. The molecule has 3 atom stereocenters. The van der Waals surface area contributed by atoms with Crippen LogP contribution in [0.3, 0.4) is 0 Å². The zero-order valence-corrected chi connectivity index (χ0v) is 18.7. The largest absolute Gasteiger partial charge is 0.493 e. The summed E-state index contributed by atoms with van der Waals surface area (Å²) in [5.41, 5.74) is 7.20. The number of rotatable bonds is 5. The molecule has 2 aliphatic rings. The fraction of sp³-hybridized carbons (Fsp3) is 0.250. The molecule has 5 rings (SSSR count). The maximum atomic E-state index is 5.38. The third-order valence-corrected chi connectivity index (χ3v) is 6.54. The zero-order valence-electron chi connectivity index (χ0n) is 18.7. The molecule has 4 nitrogen and oxygen atoms in total. The molecule has 0 unspecified atom stereocenters. The molecule has 0 fully saturated rings. The van der Waals surface area contributed by atoms with Gasteiger partial charge in [0.15, 0.2) is 11.5 Å². The van der Waals surface area contributed by atoms with E-state index in [4.69, 9.17) is 9.47 Å². The minimum absolute atomic E-state index is 0.300. The normalized spacial score (nSPS) is 21.2. The van der Waals surface area contributed by atoms with Crippen LogP contribution >= 0.6 is 0 Å². The van der Waals surface area contributed by atoms with Crippen LogP contribution in [0.25, 0.3) is 0 Å². The Morgan fingerprint density at radius 3 is 2.53 bits per heavy atom. The van der Waals surface area contributed by atoms with E-state index in [1.807, 2.05) is 24.4 Å². The molecule has 1 aliphatic carbocycles. The van der Waals surface area contributed by atoms with Crippen LogP contribution in [0.4, 0.5) is 11.4 Å². The highest BCUT2D eigenvalue weighted by molar-refractivity contribution is 5.83. The smallest absolute Gasteiger partial charge is 0.161 e. The lowest BCUT2D eigenvalue weighted by atomic mass is 9.76. The molecule has 0 radical (unpaired) electrons. The number of hydrogen-bond donors (Lipinski definition) is 1. The van der Waals surface area contributed by atoms with E-state index in [2.05, 4.69) is 71.8 Å². The summed E-state index contributed by atoms with van der Waals surface area (Å²) in [5.74, 6) is 2.44. The highest BCUT2D eigenvalue weighted by atomic mass is 16.5. The molecule has 1 N–H and O–H groups in total. The van der Waals surface area contributed by atoms with E-state index in [0.717, 1.165) is 17.7 Å². The molecule has 3 aromatic rings. The van der Waals surface area contributed by atoms with Crippen molar-refractivity contribution in [3.8, 4) is 11.5 Å². The number of fused-ring (bicyclic) bond motifs is 3. The first-order valence-electron chi connectivity index (χ1n) is 11.1. The average Bonchev–Trinajstić information content (AvgIpc) is 3.33. The number of hydrogen-bond acceptors (Lipinski definition) is 4. The van der Waals surface area contributed by atoms with Crippen molar-refractivity contribution in [3.05, 3.63) is 95.1 Å². The summed E-state index contributed by atoms with van der Waals surface area (Å²) in [7, 11) is 3.28. The van der Waals surface area contributed by atoms with Crippen LogP contribution in [0.5, 0.6) is 11.5 Å². The monoisotopic (exact) mass is 424 g/mol. The lowest BCUT2D eigenvalue weighted by Gasteiger charge is -2.37. The first-order valence-corrected chi connectivity index (χ1v) is 11.1. The van der Waals surface area contributed by atoms with Crippen molar-refractivity contribution < 1.29 is 9.47 Å². The Bertz CT molecular complexity index is 1180. The third kappa shape index (κ3) is 3.77. The fourth-order valence-electron chi connectivity index (χ4n) is 4.89. The van der Waals surface area contributed by atoms with Crippen molar-refractivity contribution in [2.24, 2.45) is 10.9 Å². The molecule has 1 heterocycles. The Morgan fingerprint density at radius 1 is 0.938 bits per heavy atom. The third-order valence-electron chi connectivity index (χ3n) is 6.54. The molecule has 0 aromatic heterocycles. The first kappa shape index (κ1) is 20.4. The van der Waals surface area contributed by atoms with Gasteiger partial charge in [-0.25, -0.2) is 0 Å². The van der Waals surface area contributed by atoms with Crippen LogP contribution in [0, 0.1) is 12.8 Å². The molecule has 32 heavy (non-hydrogen) atoms. The highest BCUT2D eigenvalue weighted by Crippen LogP contribution is 2.50. The fourth-order valence-corrected chi connectivity index (χ4v) is 4.89. The summed E-state index contributed by atoms with van der Waals surface area (Å²) in [6, 6.07) is 21.4. The molecule has 162 valence electrons. The van der Waals surface area contributed by atoms with Crippen LogP contribution < -0.4 is 14.8 Å². The molecule has 0 amide bonds. The minimum Gasteiger partial charge on any atom is -0.493 e. The molecule has 3 aromatic carbocycles. The topological polar surface area (TPSA) is 42.8 Å². The number of nitrogens with one attached hydrogen (secondary N) is 1. The highest BCUT2D eigenvalue weighted by Gasteiger charge is 2.37. The van der Waals surface area contributed by atoms with Gasteiger partial charge in [0.25, 0.3) is 0 Å². The maximum Gasteiger partial charge on any atom is 0.161 e. The Kier molecular flexibility index (Phi) is 5.44. The number of anilines is 1. The average molecular weight is 425 g/mol. The molecule has 1 aliphatic heterocycles. The molecular formula is C28H28N2O2. The number of ether oxygens (including phenoxy) is 2. The van der Waals surface area contributed by atoms with Crippen molar-refractivity contribution in [1.29, 1.82) is 0 Å². The standard InChI is InChI=1S/C28H28N2O2/c1-18-7-13-25-24(15-18)22-5-4-6-23(22)28(30-25)20-9-11-21(12-10-20)29-17-19-8-14-26(31-2)27(16-19)32-3/h4-5,7-17,22-23,28,30H,6H2,1-3H3/t22-,23-,28+/m1/s1. The predicted octanol–water partition coefficient (Wildman–Crippen LogP) is 6.59. The number of aliphatic imine (C=N–C) groups is 1. The lowest BCUT2D eigenvalue weighted by Crippen LogP contribution is -2.29. The Balaban J connectivity index is 1.36. The summed E-state index contributed by atoms with van der Waals surface area (Å²) in [6.45, 7) is 2.17. The second-order valence-corrected chi connectivity index (χ2v) is 8.53. The molecule has 4 heteroatoms. The van der Waals surface area contributed by atoms with E-state index in [9.17, 15) is 0 Å². The van der Waals surface area contributed by atoms with Gasteiger partial charge in [0.05, 0.1) is 25.9 Å². The zero-order chi connectivity index (χ0) is 22.1. The van der Waals surface area contributed by atoms with Gasteiger partial charge in [-0.05, 0) is 72.4 Å². The number of aryl methyl sites for hydroxylation is 1. The van der Waals surface area contributed by atoms with Crippen molar-refractivity contribution in [1.82, 2.24) is 0 Å². The summed E-state index contributed by atoms with van der Waals surface area (Å²) in [6.07, 6.45) is 7.68.